The van der Waals surface area contributed by atoms with Gasteiger partial charge in [-0.2, -0.15) is 0 Å². The van der Waals surface area contributed by atoms with Crippen LogP contribution in [0.3, 0.4) is 0 Å². The van der Waals surface area contributed by atoms with Gasteiger partial charge in [0.2, 0.25) is 0 Å². The molecule has 0 fully saturated rings. The first-order chi connectivity index (χ1) is 6.62. The van der Waals surface area contributed by atoms with E-state index in [1.165, 1.54) is 45.1 Å². The maximum Gasteiger partial charge on any atom is 0.0920 e. The fourth-order valence-electron chi connectivity index (χ4n) is 1.66. The summed E-state index contributed by atoms with van der Waals surface area (Å²) < 4.78 is 1.08. The molecule has 0 rings (SSSR count). The lowest BCUT2D eigenvalue weighted by Gasteiger charge is -2.28. The third-order valence-electron chi connectivity index (χ3n) is 2.81. The minimum Gasteiger partial charge on any atom is -1.00 e. The molecule has 0 N–H and O–H groups in total. The van der Waals surface area contributed by atoms with Gasteiger partial charge in [-0.05, 0) is 12.8 Å². The topological polar surface area (TPSA) is 0 Å². The van der Waals surface area contributed by atoms with Crippen LogP contribution in [0, 0.1) is 0 Å². The normalized spacial score (nSPS) is 11.2. The highest BCUT2D eigenvalue weighted by Crippen LogP contribution is 2.08. The van der Waals surface area contributed by atoms with Crippen molar-refractivity contribution >= 4 is 11.6 Å². The molecule has 0 spiro atoms. The first kappa shape index (κ1) is 18.3. The maximum atomic E-state index is 5.75. The van der Waals surface area contributed by atoms with E-state index in [0.717, 1.165) is 16.9 Å². The molecule has 1 nitrogen and oxygen atoms in total. The lowest BCUT2D eigenvalue weighted by Crippen LogP contribution is -3.00. The van der Waals surface area contributed by atoms with Crippen LogP contribution in [0.2, 0.25) is 0 Å². The second kappa shape index (κ2) is 11.5. The van der Waals surface area contributed by atoms with Gasteiger partial charge in [0, 0.05) is 0 Å². The zero-order valence-electron chi connectivity index (χ0n) is 10.6. The molecule has 15 heavy (non-hydrogen) atoms. The van der Waals surface area contributed by atoms with Crippen LogP contribution in [0.1, 0.15) is 45.4 Å². The molecule has 0 aliphatic carbocycles. The lowest BCUT2D eigenvalue weighted by molar-refractivity contribution is -0.888. The summed E-state index contributed by atoms with van der Waals surface area (Å²) in [6.45, 7) is 4.63. The van der Waals surface area contributed by atoms with Gasteiger partial charge in [0.25, 0.3) is 0 Å². The van der Waals surface area contributed by atoms with E-state index in [0.29, 0.717) is 0 Å². The number of hydrogen-bond donors (Lipinski definition) is 0. The van der Waals surface area contributed by atoms with Gasteiger partial charge in [0.15, 0.2) is 0 Å². The number of hydrogen-bond acceptors (Lipinski definition) is 0. The fourth-order valence-corrected chi connectivity index (χ4v) is 2.12. The minimum absolute atomic E-state index is 0. The Kier molecular flexibility index (Phi) is 14.0. The SMILES string of the molecule is CCCCCCCC[N+](C)(C)CCCl.[I-]. The first-order valence-corrected chi connectivity index (χ1v) is 6.54. The summed E-state index contributed by atoms with van der Waals surface area (Å²) in [6, 6.07) is 0. The molecule has 0 unspecified atom stereocenters. The van der Waals surface area contributed by atoms with Crippen molar-refractivity contribution in [1.82, 2.24) is 0 Å². The van der Waals surface area contributed by atoms with Gasteiger partial charge >= 0.3 is 0 Å². The summed E-state index contributed by atoms with van der Waals surface area (Å²) in [7, 11) is 4.54. The maximum absolute atomic E-state index is 5.75. The molecule has 0 aromatic rings. The van der Waals surface area contributed by atoms with Crippen LogP contribution < -0.4 is 24.0 Å². The van der Waals surface area contributed by atoms with Crippen molar-refractivity contribution in [3.05, 3.63) is 0 Å². The number of rotatable bonds is 9. The predicted molar refractivity (Wildman–Crippen MR) is 65.9 cm³/mol. The summed E-state index contributed by atoms with van der Waals surface area (Å²) in [5.74, 6) is 0.781. The van der Waals surface area contributed by atoms with Crippen molar-refractivity contribution in [1.29, 1.82) is 0 Å². The zero-order valence-corrected chi connectivity index (χ0v) is 13.5. The van der Waals surface area contributed by atoms with Crippen molar-refractivity contribution in [2.45, 2.75) is 45.4 Å². The third kappa shape index (κ3) is 12.9. The fraction of sp³-hybridized carbons (Fsp3) is 1.00. The van der Waals surface area contributed by atoms with E-state index in [1.807, 2.05) is 0 Å². The third-order valence-corrected chi connectivity index (χ3v) is 2.98. The van der Waals surface area contributed by atoms with Crippen molar-refractivity contribution in [2.24, 2.45) is 0 Å². The molecule has 0 bridgehead atoms. The molecule has 0 atom stereocenters. The Morgan fingerprint density at radius 1 is 0.867 bits per heavy atom. The molecule has 0 aromatic heterocycles. The quantitative estimate of drug-likeness (QED) is 0.249. The second-order valence-corrected chi connectivity index (χ2v) is 5.22. The van der Waals surface area contributed by atoms with Gasteiger partial charge in [0.1, 0.15) is 0 Å². The van der Waals surface area contributed by atoms with Gasteiger partial charge in [-0.3, -0.25) is 0 Å². The average molecular weight is 348 g/mol. The van der Waals surface area contributed by atoms with Crippen LogP contribution in [-0.4, -0.2) is 37.5 Å². The number of quaternary nitrogens is 1. The van der Waals surface area contributed by atoms with Crippen LogP contribution >= 0.6 is 11.6 Å². The van der Waals surface area contributed by atoms with Gasteiger partial charge in [-0.25, -0.2) is 0 Å². The Morgan fingerprint density at radius 2 is 1.40 bits per heavy atom. The molecule has 0 saturated carbocycles. The van der Waals surface area contributed by atoms with Crippen LogP contribution in [0.15, 0.2) is 0 Å². The molecule has 0 radical (unpaired) electrons. The molecule has 0 heterocycles. The summed E-state index contributed by atoms with van der Waals surface area (Å²) in [6.07, 6.45) is 8.32. The lowest BCUT2D eigenvalue weighted by atomic mass is 10.1. The highest BCUT2D eigenvalue weighted by atomic mass is 127. The van der Waals surface area contributed by atoms with Gasteiger partial charge in [0.05, 0.1) is 33.1 Å². The highest BCUT2D eigenvalue weighted by Gasteiger charge is 2.12. The second-order valence-electron chi connectivity index (χ2n) is 4.84. The molecule has 0 aromatic carbocycles. The first-order valence-electron chi connectivity index (χ1n) is 6.00. The standard InChI is InChI=1S/C12H27ClN.HI/c1-4-5-6-7-8-9-11-14(2,3)12-10-13;/h4-12H2,1-3H3;1H/q+1;/p-1. The number of alkyl halides is 1. The highest BCUT2D eigenvalue weighted by molar-refractivity contribution is 6.17. The van der Waals surface area contributed by atoms with E-state index >= 15 is 0 Å². The zero-order chi connectivity index (χ0) is 10.9. The monoisotopic (exact) mass is 347 g/mol. The number of unbranched alkanes of at least 4 members (excludes halogenated alkanes) is 5. The smallest absolute Gasteiger partial charge is 0.0920 e. The molecule has 94 valence electrons. The largest absolute Gasteiger partial charge is 1.00 e. The van der Waals surface area contributed by atoms with E-state index in [2.05, 4.69) is 21.0 Å². The van der Waals surface area contributed by atoms with Crippen molar-refractivity contribution < 1.29 is 28.5 Å². The summed E-state index contributed by atoms with van der Waals surface area (Å²) >= 11 is 5.75. The Balaban J connectivity index is 0. The van der Waals surface area contributed by atoms with Gasteiger partial charge < -0.3 is 28.5 Å². The number of nitrogens with zero attached hydrogens (tertiary/aromatic N) is 1. The molecule has 0 saturated heterocycles. The summed E-state index contributed by atoms with van der Waals surface area (Å²) in [4.78, 5) is 0. The Bertz CT molecular complexity index is 129. The summed E-state index contributed by atoms with van der Waals surface area (Å²) in [5, 5.41) is 0. The molecular formula is C12H27ClIN. The molecule has 0 aliphatic rings. The average Bonchev–Trinajstić information content (AvgIpc) is 2.11. The predicted octanol–water partition coefficient (Wildman–Crippen LogP) is 0.666. The Labute approximate surface area is 118 Å². The van der Waals surface area contributed by atoms with Crippen LogP contribution in [-0.2, 0) is 0 Å². The molecule has 3 heteroatoms. The number of halogens is 2. The molecular weight excluding hydrogens is 320 g/mol. The Morgan fingerprint density at radius 3 is 1.93 bits per heavy atom. The van der Waals surface area contributed by atoms with Crippen molar-refractivity contribution in [3.63, 3.8) is 0 Å². The van der Waals surface area contributed by atoms with E-state index in [1.54, 1.807) is 0 Å². The van der Waals surface area contributed by atoms with Gasteiger partial charge in [-0.15, -0.1) is 11.6 Å². The molecule has 0 amide bonds. The Hall–Kier alpha value is 0.980. The van der Waals surface area contributed by atoms with E-state index in [9.17, 15) is 0 Å². The van der Waals surface area contributed by atoms with Crippen molar-refractivity contribution in [2.75, 3.05) is 33.1 Å². The van der Waals surface area contributed by atoms with E-state index < -0.39 is 0 Å². The van der Waals surface area contributed by atoms with Crippen molar-refractivity contribution in [3.8, 4) is 0 Å². The van der Waals surface area contributed by atoms with Gasteiger partial charge in [-0.1, -0.05) is 32.6 Å². The van der Waals surface area contributed by atoms with E-state index in [4.69, 9.17) is 11.6 Å². The summed E-state index contributed by atoms with van der Waals surface area (Å²) in [5.41, 5.74) is 0. The molecule has 0 aliphatic heterocycles. The van der Waals surface area contributed by atoms with Crippen LogP contribution in [0.5, 0.6) is 0 Å². The van der Waals surface area contributed by atoms with Crippen LogP contribution in [0.25, 0.3) is 0 Å². The minimum atomic E-state index is 0. The van der Waals surface area contributed by atoms with Crippen LogP contribution in [0.4, 0.5) is 0 Å². The van der Waals surface area contributed by atoms with E-state index in [-0.39, 0.29) is 24.0 Å².